The van der Waals surface area contributed by atoms with Gasteiger partial charge in [0.25, 0.3) is 0 Å². The molecule has 0 saturated carbocycles. The number of fused-ring (bicyclic) bond motifs is 1. The van der Waals surface area contributed by atoms with E-state index in [1.165, 1.54) is 0 Å². The van der Waals surface area contributed by atoms with E-state index in [0.29, 0.717) is 6.42 Å². The molecule has 16 heavy (non-hydrogen) atoms. The van der Waals surface area contributed by atoms with E-state index < -0.39 is 5.66 Å². The molecule has 2 saturated heterocycles. The van der Waals surface area contributed by atoms with Crippen LogP contribution in [-0.2, 0) is 9.63 Å². The van der Waals surface area contributed by atoms with Gasteiger partial charge in [-0.25, -0.2) is 0 Å². The Labute approximate surface area is 95.9 Å². The van der Waals surface area contributed by atoms with Gasteiger partial charge in [0.2, 0.25) is 5.91 Å². The smallest absolute Gasteiger partial charge is 0.243 e. The Kier molecular flexibility index (Phi) is 2.72. The van der Waals surface area contributed by atoms with Crippen molar-refractivity contribution in [3.63, 3.8) is 0 Å². The Balaban J connectivity index is 2.31. The van der Waals surface area contributed by atoms with Crippen molar-refractivity contribution in [3.05, 3.63) is 0 Å². The lowest BCUT2D eigenvalue weighted by Crippen LogP contribution is -2.54. The van der Waals surface area contributed by atoms with Crippen LogP contribution >= 0.6 is 0 Å². The van der Waals surface area contributed by atoms with Gasteiger partial charge in [-0.15, -0.1) is 0 Å². The van der Waals surface area contributed by atoms with E-state index in [0.717, 1.165) is 0 Å². The summed E-state index contributed by atoms with van der Waals surface area (Å²) in [4.78, 5) is 19.5. The zero-order valence-electron chi connectivity index (χ0n) is 10.3. The fourth-order valence-corrected chi connectivity index (χ4v) is 2.59. The fourth-order valence-electron chi connectivity index (χ4n) is 2.59. The van der Waals surface area contributed by atoms with E-state index in [1.807, 2.05) is 14.0 Å². The zero-order chi connectivity index (χ0) is 12.1. The summed E-state index contributed by atoms with van der Waals surface area (Å²) >= 11 is 0. The van der Waals surface area contributed by atoms with Crippen LogP contribution in [0.4, 0.5) is 0 Å². The monoisotopic (exact) mass is 228 g/mol. The highest BCUT2D eigenvalue weighted by molar-refractivity contribution is 5.85. The topological polar surface area (TPSA) is 53.0 Å². The van der Waals surface area contributed by atoms with Gasteiger partial charge in [-0.3, -0.25) is 9.63 Å². The number of hydrogen-bond acceptors (Lipinski definition) is 4. The highest BCUT2D eigenvalue weighted by Gasteiger charge is 2.59. The molecule has 2 heterocycles. The Hall–Kier alpha value is -0.650. The quantitative estimate of drug-likeness (QED) is 0.733. The van der Waals surface area contributed by atoms with E-state index in [9.17, 15) is 4.79 Å². The van der Waals surface area contributed by atoms with E-state index >= 15 is 0 Å². The van der Waals surface area contributed by atoms with Gasteiger partial charge in [-0.1, -0.05) is 13.8 Å². The van der Waals surface area contributed by atoms with Crippen LogP contribution < -0.4 is 0 Å². The van der Waals surface area contributed by atoms with Crippen LogP contribution in [0.25, 0.3) is 0 Å². The molecule has 5 nitrogen and oxygen atoms in total. The average Bonchev–Trinajstić information content (AvgIpc) is 2.75. The van der Waals surface area contributed by atoms with Crippen molar-refractivity contribution in [1.29, 1.82) is 0 Å². The number of rotatable bonds is 2. The Morgan fingerprint density at radius 3 is 2.75 bits per heavy atom. The molecule has 0 spiro atoms. The van der Waals surface area contributed by atoms with E-state index in [-0.39, 0.29) is 30.6 Å². The minimum absolute atomic E-state index is 0.0296. The van der Waals surface area contributed by atoms with Crippen LogP contribution in [0.1, 0.15) is 27.2 Å². The maximum atomic E-state index is 12.1. The predicted molar refractivity (Wildman–Crippen MR) is 58.2 cm³/mol. The predicted octanol–water partition coefficient (Wildman–Crippen LogP) is 0.197. The Morgan fingerprint density at radius 1 is 1.62 bits per heavy atom. The fraction of sp³-hybridized carbons (Fsp3) is 0.909. The number of aliphatic hydroxyl groups excluding tert-OH is 1. The van der Waals surface area contributed by atoms with Crippen LogP contribution in [0, 0.1) is 5.92 Å². The number of nitrogens with zero attached hydrogens (tertiary/aromatic N) is 2. The van der Waals surface area contributed by atoms with Crippen LogP contribution in [-0.4, -0.2) is 52.4 Å². The molecule has 2 aliphatic rings. The molecule has 0 aromatic carbocycles. The van der Waals surface area contributed by atoms with Gasteiger partial charge >= 0.3 is 0 Å². The zero-order valence-corrected chi connectivity index (χ0v) is 10.3. The summed E-state index contributed by atoms with van der Waals surface area (Å²) in [6.45, 7) is 6.12. The first-order chi connectivity index (χ1) is 7.42. The highest BCUT2D eigenvalue weighted by Crippen LogP contribution is 2.42. The second-order valence-corrected chi connectivity index (χ2v) is 5.13. The Morgan fingerprint density at radius 2 is 2.25 bits per heavy atom. The third kappa shape index (κ3) is 1.31. The molecule has 92 valence electrons. The number of carbonyl (C=O) groups is 1. The number of aliphatic hydroxyl groups is 1. The van der Waals surface area contributed by atoms with Crippen molar-refractivity contribution < 1.29 is 14.7 Å². The number of likely N-dealkylation sites (N-methyl/N-ethyl adjacent to an activating group) is 1. The standard InChI is InChI=1S/C11H20N2O3/c1-7(2)11(3)12(4)10(15)9-5-8(6-14)16-13(9)11/h7-9,14H,5-6H2,1-4H3/t8-,9-,11-/m1/s1. The summed E-state index contributed by atoms with van der Waals surface area (Å²) < 4.78 is 0. The first kappa shape index (κ1) is 11.8. The van der Waals surface area contributed by atoms with Crippen LogP contribution in [0.2, 0.25) is 0 Å². The maximum absolute atomic E-state index is 12.1. The van der Waals surface area contributed by atoms with E-state index in [2.05, 4.69) is 13.8 Å². The number of carbonyl (C=O) groups excluding carboxylic acids is 1. The van der Waals surface area contributed by atoms with Crippen molar-refractivity contribution in [2.75, 3.05) is 13.7 Å². The minimum atomic E-state index is -0.411. The molecular formula is C11H20N2O3. The van der Waals surface area contributed by atoms with Crippen LogP contribution in [0.15, 0.2) is 0 Å². The third-order valence-corrected chi connectivity index (χ3v) is 4.07. The molecular weight excluding hydrogens is 208 g/mol. The lowest BCUT2D eigenvalue weighted by molar-refractivity contribution is -0.241. The molecule has 2 rings (SSSR count). The summed E-state index contributed by atoms with van der Waals surface area (Å²) in [5.41, 5.74) is -0.411. The lowest BCUT2D eigenvalue weighted by Gasteiger charge is -2.41. The summed E-state index contributed by atoms with van der Waals surface area (Å²) in [6.07, 6.45) is 0.350. The third-order valence-electron chi connectivity index (χ3n) is 4.07. The van der Waals surface area contributed by atoms with Gasteiger partial charge in [0.1, 0.15) is 17.8 Å². The summed E-state index contributed by atoms with van der Waals surface area (Å²) in [7, 11) is 1.82. The molecule has 2 aliphatic heterocycles. The first-order valence-electron chi connectivity index (χ1n) is 5.77. The van der Waals surface area contributed by atoms with Crippen molar-refractivity contribution >= 4 is 5.91 Å². The maximum Gasteiger partial charge on any atom is 0.243 e. The van der Waals surface area contributed by atoms with Gasteiger partial charge in [-0.2, -0.15) is 5.06 Å². The minimum Gasteiger partial charge on any atom is -0.394 e. The second-order valence-electron chi connectivity index (χ2n) is 5.13. The van der Waals surface area contributed by atoms with Gasteiger partial charge in [-0.05, 0) is 12.8 Å². The van der Waals surface area contributed by atoms with Crippen LogP contribution in [0.5, 0.6) is 0 Å². The van der Waals surface area contributed by atoms with Gasteiger partial charge in [0, 0.05) is 13.5 Å². The van der Waals surface area contributed by atoms with Crippen molar-refractivity contribution in [1.82, 2.24) is 9.96 Å². The van der Waals surface area contributed by atoms with Gasteiger partial charge < -0.3 is 10.0 Å². The van der Waals surface area contributed by atoms with Crippen LogP contribution in [0.3, 0.4) is 0 Å². The Bertz CT molecular complexity index is 308. The normalized spacial score (nSPS) is 39.9. The SMILES string of the molecule is CC(C)[C@]1(C)N(C)C(=O)[C@H]2C[C@H](CO)ON21. The lowest BCUT2D eigenvalue weighted by atomic mass is 9.97. The summed E-state index contributed by atoms with van der Waals surface area (Å²) in [5.74, 6) is 0.357. The van der Waals surface area contributed by atoms with E-state index in [4.69, 9.17) is 9.94 Å². The summed E-state index contributed by atoms with van der Waals surface area (Å²) in [5, 5.41) is 10.9. The number of hydrogen-bond donors (Lipinski definition) is 1. The van der Waals surface area contributed by atoms with Crippen molar-refractivity contribution in [2.45, 2.75) is 45.0 Å². The molecule has 5 heteroatoms. The molecule has 1 amide bonds. The van der Waals surface area contributed by atoms with E-state index in [1.54, 1.807) is 9.96 Å². The molecule has 0 aromatic rings. The molecule has 2 fully saturated rings. The summed E-state index contributed by atoms with van der Waals surface area (Å²) in [6, 6.07) is -0.227. The first-order valence-corrected chi connectivity index (χ1v) is 5.77. The average molecular weight is 228 g/mol. The number of hydroxylamine groups is 2. The van der Waals surface area contributed by atoms with Crippen molar-refractivity contribution in [3.8, 4) is 0 Å². The molecule has 0 radical (unpaired) electrons. The van der Waals surface area contributed by atoms with Crippen molar-refractivity contribution in [2.24, 2.45) is 5.92 Å². The molecule has 1 N–H and O–H groups in total. The van der Waals surface area contributed by atoms with Gasteiger partial charge in [0.15, 0.2) is 0 Å². The van der Waals surface area contributed by atoms with Gasteiger partial charge in [0.05, 0.1) is 6.61 Å². The second kappa shape index (κ2) is 3.68. The molecule has 0 unspecified atom stereocenters. The molecule has 0 bridgehead atoms. The molecule has 3 atom stereocenters. The molecule has 0 aromatic heterocycles. The highest BCUT2D eigenvalue weighted by atomic mass is 16.7. The number of amides is 1. The largest absolute Gasteiger partial charge is 0.394 e. The molecule has 0 aliphatic carbocycles.